The zero-order chi connectivity index (χ0) is 22.2. The standard InChI is InChI=1S/C31H23NO/c1-21-14-17-24(18-15-21)32-28-12-7-13-30-31(28)27-20-23(16-19-29(27)33-30)26-11-6-5-10-25(26)22-8-3-2-4-9-22/h2-20,32H,1H3. The number of aryl methyl sites for hydroxylation is 1. The summed E-state index contributed by atoms with van der Waals surface area (Å²) in [6.45, 7) is 2.10. The molecule has 33 heavy (non-hydrogen) atoms. The minimum absolute atomic E-state index is 0.885. The second-order valence-corrected chi connectivity index (χ2v) is 8.39. The van der Waals surface area contributed by atoms with E-state index in [1.54, 1.807) is 0 Å². The van der Waals surface area contributed by atoms with Crippen LogP contribution in [0.2, 0.25) is 0 Å². The Morgan fingerprint density at radius 1 is 0.576 bits per heavy atom. The van der Waals surface area contributed by atoms with Crippen molar-refractivity contribution < 1.29 is 4.42 Å². The molecule has 1 aromatic heterocycles. The number of hydrogen-bond donors (Lipinski definition) is 1. The van der Waals surface area contributed by atoms with Gasteiger partial charge in [-0.1, -0.05) is 84.4 Å². The molecule has 0 spiro atoms. The molecule has 0 aliphatic rings. The number of rotatable bonds is 4. The van der Waals surface area contributed by atoms with Crippen LogP contribution in [-0.4, -0.2) is 0 Å². The van der Waals surface area contributed by atoms with E-state index in [0.29, 0.717) is 0 Å². The number of fused-ring (bicyclic) bond motifs is 3. The molecule has 0 unspecified atom stereocenters. The second kappa shape index (κ2) is 7.99. The third-order valence-corrected chi connectivity index (χ3v) is 6.15. The molecule has 2 nitrogen and oxygen atoms in total. The molecule has 0 amide bonds. The molecular weight excluding hydrogens is 402 g/mol. The molecule has 0 fully saturated rings. The van der Waals surface area contributed by atoms with E-state index in [1.165, 1.54) is 27.8 Å². The summed E-state index contributed by atoms with van der Waals surface area (Å²) >= 11 is 0. The van der Waals surface area contributed by atoms with Gasteiger partial charge in [0.15, 0.2) is 0 Å². The van der Waals surface area contributed by atoms with Crippen molar-refractivity contribution in [2.45, 2.75) is 6.92 Å². The van der Waals surface area contributed by atoms with Gasteiger partial charge in [-0.2, -0.15) is 0 Å². The summed E-state index contributed by atoms with van der Waals surface area (Å²) in [7, 11) is 0. The fourth-order valence-corrected chi connectivity index (χ4v) is 4.50. The van der Waals surface area contributed by atoms with Crippen molar-refractivity contribution in [3.63, 3.8) is 0 Å². The largest absolute Gasteiger partial charge is 0.456 e. The molecule has 0 saturated carbocycles. The van der Waals surface area contributed by atoms with E-state index in [0.717, 1.165) is 33.3 Å². The Kier molecular flexibility index (Phi) is 4.70. The van der Waals surface area contributed by atoms with Gasteiger partial charge in [-0.15, -0.1) is 0 Å². The lowest BCUT2D eigenvalue weighted by Gasteiger charge is -2.11. The predicted molar refractivity (Wildman–Crippen MR) is 139 cm³/mol. The van der Waals surface area contributed by atoms with Crippen molar-refractivity contribution in [3.8, 4) is 22.3 Å². The van der Waals surface area contributed by atoms with E-state index in [-0.39, 0.29) is 0 Å². The van der Waals surface area contributed by atoms with Crippen molar-refractivity contribution in [2.24, 2.45) is 0 Å². The van der Waals surface area contributed by atoms with Crippen LogP contribution in [0.4, 0.5) is 11.4 Å². The summed E-state index contributed by atoms with van der Waals surface area (Å²) < 4.78 is 6.22. The number of furan rings is 1. The van der Waals surface area contributed by atoms with Gasteiger partial charge in [0.2, 0.25) is 0 Å². The normalized spacial score (nSPS) is 11.2. The van der Waals surface area contributed by atoms with Crippen molar-refractivity contribution in [1.82, 2.24) is 0 Å². The van der Waals surface area contributed by atoms with Crippen LogP contribution in [0.1, 0.15) is 5.56 Å². The zero-order valence-electron chi connectivity index (χ0n) is 18.4. The van der Waals surface area contributed by atoms with Gasteiger partial charge in [-0.25, -0.2) is 0 Å². The number of anilines is 2. The lowest BCUT2D eigenvalue weighted by Crippen LogP contribution is -1.91. The van der Waals surface area contributed by atoms with Crippen LogP contribution >= 0.6 is 0 Å². The Labute approximate surface area is 193 Å². The molecule has 0 saturated heterocycles. The van der Waals surface area contributed by atoms with Crippen molar-refractivity contribution in [2.75, 3.05) is 5.32 Å². The first-order valence-corrected chi connectivity index (χ1v) is 11.2. The van der Waals surface area contributed by atoms with Gasteiger partial charge in [-0.3, -0.25) is 0 Å². The van der Waals surface area contributed by atoms with Gasteiger partial charge in [0.25, 0.3) is 0 Å². The second-order valence-electron chi connectivity index (χ2n) is 8.39. The monoisotopic (exact) mass is 425 g/mol. The van der Waals surface area contributed by atoms with Crippen LogP contribution in [-0.2, 0) is 0 Å². The molecule has 0 aliphatic carbocycles. The number of nitrogens with one attached hydrogen (secondary N) is 1. The highest BCUT2D eigenvalue weighted by Gasteiger charge is 2.14. The van der Waals surface area contributed by atoms with Crippen LogP contribution in [0.15, 0.2) is 120 Å². The maximum atomic E-state index is 6.22. The highest BCUT2D eigenvalue weighted by Crippen LogP contribution is 2.39. The molecular formula is C31H23NO. The quantitative estimate of drug-likeness (QED) is 0.305. The summed E-state index contributed by atoms with van der Waals surface area (Å²) in [5.41, 5.74) is 9.96. The third-order valence-electron chi connectivity index (χ3n) is 6.15. The summed E-state index contributed by atoms with van der Waals surface area (Å²) in [4.78, 5) is 0. The highest BCUT2D eigenvalue weighted by atomic mass is 16.3. The van der Waals surface area contributed by atoms with Gasteiger partial charge < -0.3 is 9.73 Å². The van der Waals surface area contributed by atoms with E-state index >= 15 is 0 Å². The van der Waals surface area contributed by atoms with Crippen LogP contribution in [0, 0.1) is 6.92 Å². The molecule has 1 heterocycles. The minimum Gasteiger partial charge on any atom is -0.456 e. The fraction of sp³-hybridized carbons (Fsp3) is 0.0323. The molecule has 6 rings (SSSR count). The van der Waals surface area contributed by atoms with E-state index in [1.807, 2.05) is 12.1 Å². The lowest BCUT2D eigenvalue weighted by atomic mass is 9.94. The Morgan fingerprint density at radius 2 is 1.30 bits per heavy atom. The van der Waals surface area contributed by atoms with Gasteiger partial charge in [0.1, 0.15) is 11.2 Å². The van der Waals surface area contributed by atoms with Crippen LogP contribution < -0.4 is 5.32 Å². The summed E-state index contributed by atoms with van der Waals surface area (Å²) in [6.07, 6.45) is 0. The van der Waals surface area contributed by atoms with Crippen LogP contribution in [0.25, 0.3) is 44.2 Å². The first-order valence-electron chi connectivity index (χ1n) is 11.2. The van der Waals surface area contributed by atoms with Crippen molar-refractivity contribution in [3.05, 3.63) is 121 Å². The number of benzene rings is 5. The molecule has 0 aliphatic heterocycles. The first kappa shape index (κ1) is 19.4. The summed E-state index contributed by atoms with van der Waals surface area (Å²) in [5.74, 6) is 0. The maximum Gasteiger partial charge on any atom is 0.137 e. The topological polar surface area (TPSA) is 25.2 Å². The average molecular weight is 426 g/mol. The average Bonchev–Trinajstić information content (AvgIpc) is 3.25. The molecule has 0 radical (unpaired) electrons. The molecule has 6 aromatic rings. The van der Waals surface area contributed by atoms with E-state index < -0.39 is 0 Å². The lowest BCUT2D eigenvalue weighted by molar-refractivity contribution is 0.669. The van der Waals surface area contributed by atoms with Crippen LogP contribution in [0.3, 0.4) is 0 Å². The summed E-state index contributed by atoms with van der Waals surface area (Å²) in [5, 5.41) is 5.80. The Bertz CT molecular complexity index is 1580. The zero-order valence-corrected chi connectivity index (χ0v) is 18.4. The molecule has 1 N–H and O–H groups in total. The Balaban J connectivity index is 1.52. The van der Waals surface area contributed by atoms with Gasteiger partial charge in [0, 0.05) is 11.1 Å². The van der Waals surface area contributed by atoms with E-state index in [4.69, 9.17) is 4.42 Å². The SMILES string of the molecule is Cc1ccc(Nc2cccc3oc4ccc(-c5ccccc5-c5ccccc5)cc4c23)cc1. The smallest absolute Gasteiger partial charge is 0.137 e. The van der Waals surface area contributed by atoms with E-state index in [2.05, 4.69) is 115 Å². The van der Waals surface area contributed by atoms with Gasteiger partial charge in [-0.05, 0) is 65.6 Å². The minimum atomic E-state index is 0.885. The summed E-state index contributed by atoms with van der Waals surface area (Å²) in [6, 6.07) is 40.3. The third kappa shape index (κ3) is 3.56. The van der Waals surface area contributed by atoms with Crippen molar-refractivity contribution in [1.29, 1.82) is 0 Å². The van der Waals surface area contributed by atoms with Crippen molar-refractivity contribution >= 4 is 33.3 Å². The molecule has 2 heteroatoms. The molecule has 158 valence electrons. The fourth-order valence-electron chi connectivity index (χ4n) is 4.50. The Morgan fingerprint density at radius 3 is 2.09 bits per heavy atom. The molecule has 0 atom stereocenters. The van der Waals surface area contributed by atoms with Crippen LogP contribution in [0.5, 0.6) is 0 Å². The Hall–Kier alpha value is -4.30. The van der Waals surface area contributed by atoms with Gasteiger partial charge >= 0.3 is 0 Å². The van der Waals surface area contributed by atoms with E-state index in [9.17, 15) is 0 Å². The molecule has 0 bridgehead atoms. The predicted octanol–water partition coefficient (Wildman–Crippen LogP) is 8.97. The highest BCUT2D eigenvalue weighted by molar-refractivity contribution is 6.13. The van der Waals surface area contributed by atoms with Gasteiger partial charge in [0.05, 0.1) is 11.1 Å². The molecule has 5 aromatic carbocycles. The maximum absolute atomic E-state index is 6.22. The first-order chi connectivity index (χ1) is 16.3. The number of hydrogen-bond acceptors (Lipinski definition) is 2.